The summed E-state index contributed by atoms with van der Waals surface area (Å²) >= 11 is 0. The fourth-order valence-corrected chi connectivity index (χ4v) is 2.86. The van der Waals surface area contributed by atoms with Crippen molar-refractivity contribution in [2.24, 2.45) is 11.8 Å². The third-order valence-electron chi connectivity index (χ3n) is 3.51. The van der Waals surface area contributed by atoms with Crippen LogP contribution in [0.15, 0.2) is 42.5 Å². The van der Waals surface area contributed by atoms with E-state index < -0.39 is 0 Å². The molecule has 1 aromatic rings. The van der Waals surface area contributed by atoms with Gasteiger partial charge in [-0.25, -0.2) is 0 Å². The Balaban J connectivity index is 1.92. The Bertz CT molecular complexity index is 323. The summed E-state index contributed by atoms with van der Waals surface area (Å²) < 4.78 is 0. The van der Waals surface area contributed by atoms with E-state index in [1.54, 1.807) is 5.56 Å². The van der Waals surface area contributed by atoms with Gasteiger partial charge in [0, 0.05) is 0 Å². The van der Waals surface area contributed by atoms with Crippen LogP contribution in [0.3, 0.4) is 0 Å². The van der Waals surface area contributed by atoms with Crippen LogP contribution in [0.25, 0.3) is 0 Å². The molecule has 0 saturated heterocycles. The number of benzene rings is 1. The zero-order chi connectivity index (χ0) is 8.67. The Morgan fingerprint density at radius 3 is 2.38 bits per heavy atom. The Labute approximate surface area is 79.3 Å². The number of allylic oxidation sites excluding steroid dienone is 2. The molecule has 0 unspecified atom stereocenters. The third-order valence-corrected chi connectivity index (χ3v) is 3.51. The second kappa shape index (κ2) is 2.73. The minimum Gasteiger partial charge on any atom is -0.0851 e. The summed E-state index contributed by atoms with van der Waals surface area (Å²) in [6, 6.07) is 11.0. The molecule has 3 atom stereocenters. The molecule has 2 aliphatic carbocycles. The molecule has 13 heavy (non-hydrogen) atoms. The predicted octanol–water partition coefficient (Wildman–Crippen LogP) is 3.37. The van der Waals surface area contributed by atoms with Crippen molar-refractivity contribution in [3.05, 3.63) is 48.0 Å². The van der Waals surface area contributed by atoms with Crippen LogP contribution in [-0.2, 0) is 0 Å². The van der Waals surface area contributed by atoms with Crippen LogP contribution in [0.1, 0.15) is 24.3 Å². The van der Waals surface area contributed by atoms with E-state index in [2.05, 4.69) is 42.5 Å². The van der Waals surface area contributed by atoms with Crippen LogP contribution in [-0.4, -0.2) is 0 Å². The molecule has 0 amide bonds. The molecule has 0 N–H and O–H groups in total. The molecule has 2 bridgehead atoms. The van der Waals surface area contributed by atoms with Crippen molar-refractivity contribution >= 4 is 0 Å². The zero-order valence-corrected chi connectivity index (χ0v) is 7.69. The lowest BCUT2D eigenvalue weighted by Crippen LogP contribution is -2.04. The normalized spacial score (nSPS) is 35.5. The van der Waals surface area contributed by atoms with Crippen LogP contribution in [0, 0.1) is 11.8 Å². The van der Waals surface area contributed by atoms with Crippen molar-refractivity contribution in [3.63, 3.8) is 0 Å². The second-order valence-electron chi connectivity index (χ2n) is 4.30. The molecule has 0 heterocycles. The third kappa shape index (κ3) is 1.13. The molecule has 1 saturated carbocycles. The minimum atomic E-state index is 0.816. The molecular formula is C13H14. The quantitative estimate of drug-likeness (QED) is 0.567. The lowest BCUT2D eigenvalue weighted by atomic mass is 9.87. The van der Waals surface area contributed by atoms with Crippen LogP contribution >= 0.6 is 0 Å². The SMILES string of the molecule is C1=C[C@H]2C[C@H]1C[C@@H]2c1ccccc1. The van der Waals surface area contributed by atoms with E-state index in [0.29, 0.717) is 0 Å². The molecule has 2 aliphatic rings. The predicted molar refractivity (Wildman–Crippen MR) is 54.5 cm³/mol. The Morgan fingerprint density at radius 1 is 0.923 bits per heavy atom. The van der Waals surface area contributed by atoms with Gasteiger partial charge in [0.1, 0.15) is 0 Å². The highest BCUT2D eigenvalue weighted by molar-refractivity contribution is 5.27. The number of fused-ring (bicyclic) bond motifs is 2. The van der Waals surface area contributed by atoms with Gasteiger partial charge in [-0.05, 0) is 36.2 Å². The summed E-state index contributed by atoms with van der Waals surface area (Å²) in [5, 5.41) is 0. The Kier molecular flexibility index (Phi) is 1.55. The first-order chi connectivity index (χ1) is 6.43. The first kappa shape index (κ1) is 7.37. The minimum absolute atomic E-state index is 0.816. The highest BCUT2D eigenvalue weighted by Crippen LogP contribution is 2.48. The van der Waals surface area contributed by atoms with Gasteiger partial charge in [0.2, 0.25) is 0 Å². The molecule has 0 aliphatic heterocycles. The standard InChI is InChI=1S/C13H14/c1-2-4-11(5-3-1)13-9-10-6-7-12(13)8-10/h1-7,10,12-13H,8-9H2/t10-,12-,13+/m0/s1. The maximum atomic E-state index is 2.42. The van der Waals surface area contributed by atoms with Crippen molar-refractivity contribution in [2.75, 3.05) is 0 Å². The smallest absolute Gasteiger partial charge is 0.00932 e. The van der Waals surface area contributed by atoms with Gasteiger partial charge in [-0.15, -0.1) is 0 Å². The lowest BCUT2D eigenvalue weighted by Gasteiger charge is -2.17. The second-order valence-corrected chi connectivity index (χ2v) is 4.30. The lowest BCUT2D eigenvalue weighted by molar-refractivity contribution is 0.585. The van der Waals surface area contributed by atoms with Crippen LogP contribution < -0.4 is 0 Å². The van der Waals surface area contributed by atoms with E-state index in [1.165, 1.54) is 12.8 Å². The zero-order valence-electron chi connectivity index (χ0n) is 7.69. The molecule has 0 heteroatoms. The van der Waals surface area contributed by atoms with Gasteiger partial charge < -0.3 is 0 Å². The molecule has 0 spiro atoms. The first-order valence-corrected chi connectivity index (χ1v) is 5.17. The summed E-state index contributed by atoms with van der Waals surface area (Å²) in [6.45, 7) is 0. The molecule has 0 nitrogen and oxygen atoms in total. The van der Waals surface area contributed by atoms with Crippen molar-refractivity contribution in [3.8, 4) is 0 Å². The Hall–Kier alpha value is -1.04. The highest BCUT2D eigenvalue weighted by atomic mass is 14.4. The van der Waals surface area contributed by atoms with Crippen molar-refractivity contribution in [2.45, 2.75) is 18.8 Å². The summed E-state index contributed by atoms with van der Waals surface area (Å²) in [7, 11) is 0. The number of hydrogen-bond acceptors (Lipinski definition) is 0. The van der Waals surface area contributed by atoms with Crippen molar-refractivity contribution in [1.82, 2.24) is 0 Å². The molecule has 0 aromatic heterocycles. The summed E-state index contributed by atoms with van der Waals surface area (Å²) in [5.41, 5.74) is 1.54. The maximum absolute atomic E-state index is 2.42. The topological polar surface area (TPSA) is 0 Å². The van der Waals surface area contributed by atoms with E-state index in [9.17, 15) is 0 Å². The Morgan fingerprint density at radius 2 is 1.77 bits per heavy atom. The van der Waals surface area contributed by atoms with Gasteiger partial charge in [-0.2, -0.15) is 0 Å². The number of hydrogen-bond donors (Lipinski definition) is 0. The summed E-state index contributed by atoms with van der Waals surface area (Å²) in [4.78, 5) is 0. The number of rotatable bonds is 1. The molecule has 66 valence electrons. The average molecular weight is 170 g/mol. The largest absolute Gasteiger partial charge is 0.0851 e. The van der Waals surface area contributed by atoms with Crippen LogP contribution in [0.4, 0.5) is 0 Å². The van der Waals surface area contributed by atoms with Crippen LogP contribution in [0.5, 0.6) is 0 Å². The summed E-state index contributed by atoms with van der Waals surface area (Å²) in [5.74, 6) is 2.54. The first-order valence-electron chi connectivity index (χ1n) is 5.17. The fourth-order valence-electron chi connectivity index (χ4n) is 2.86. The van der Waals surface area contributed by atoms with Crippen molar-refractivity contribution in [1.29, 1.82) is 0 Å². The molecule has 1 fully saturated rings. The van der Waals surface area contributed by atoms with Gasteiger partial charge in [-0.1, -0.05) is 42.5 Å². The van der Waals surface area contributed by atoms with Gasteiger partial charge in [-0.3, -0.25) is 0 Å². The van der Waals surface area contributed by atoms with E-state index in [1.807, 2.05) is 0 Å². The molecule has 3 rings (SSSR count). The van der Waals surface area contributed by atoms with Gasteiger partial charge in [0.15, 0.2) is 0 Å². The molecule has 1 aromatic carbocycles. The highest BCUT2D eigenvalue weighted by Gasteiger charge is 2.35. The fraction of sp³-hybridized carbons (Fsp3) is 0.385. The van der Waals surface area contributed by atoms with Crippen LogP contribution in [0.2, 0.25) is 0 Å². The van der Waals surface area contributed by atoms with E-state index >= 15 is 0 Å². The monoisotopic (exact) mass is 170 g/mol. The van der Waals surface area contributed by atoms with Gasteiger partial charge in [0.05, 0.1) is 0 Å². The summed E-state index contributed by atoms with van der Waals surface area (Å²) in [6.07, 6.45) is 7.61. The average Bonchev–Trinajstić information content (AvgIpc) is 2.80. The van der Waals surface area contributed by atoms with E-state index in [4.69, 9.17) is 0 Å². The van der Waals surface area contributed by atoms with E-state index in [-0.39, 0.29) is 0 Å². The van der Waals surface area contributed by atoms with Crippen molar-refractivity contribution < 1.29 is 0 Å². The molecule has 0 radical (unpaired) electrons. The van der Waals surface area contributed by atoms with E-state index in [0.717, 1.165) is 17.8 Å². The maximum Gasteiger partial charge on any atom is -0.00932 e. The van der Waals surface area contributed by atoms with Gasteiger partial charge in [0.25, 0.3) is 0 Å². The molecular weight excluding hydrogens is 156 g/mol. The van der Waals surface area contributed by atoms with Gasteiger partial charge >= 0.3 is 0 Å².